The van der Waals surface area contributed by atoms with Crippen LogP contribution in [0.3, 0.4) is 0 Å². The lowest BCUT2D eigenvalue weighted by atomic mass is 9.55. The zero-order valence-corrected chi connectivity index (χ0v) is 24.0. The Labute approximate surface area is 227 Å². The quantitative estimate of drug-likeness (QED) is 0.325. The van der Waals surface area contributed by atoms with Gasteiger partial charge in [-0.3, -0.25) is 0 Å². The van der Waals surface area contributed by atoms with Gasteiger partial charge in [0, 0.05) is 0 Å². The van der Waals surface area contributed by atoms with Gasteiger partial charge in [0.1, 0.15) is 0 Å². The Morgan fingerprint density at radius 1 is 0.595 bits per heavy atom. The molecule has 0 radical (unpaired) electrons. The van der Waals surface area contributed by atoms with Crippen LogP contribution in [0.25, 0.3) is 0 Å². The van der Waals surface area contributed by atoms with Crippen molar-refractivity contribution in [3.8, 4) is 0 Å². The smallest absolute Gasteiger partial charge is 0.00631 e. The first-order chi connectivity index (χ1) is 18.0. The fraction of sp³-hybridized carbons (Fsp3) is 0.667. The molecule has 0 nitrogen and oxygen atoms in total. The van der Waals surface area contributed by atoms with Crippen LogP contribution in [0.2, 0.25) is 0 Å². The third-order valence-electron chi connectivity index (χ3n) is 12.4. The third-order valence-corrected chi connectivity index (χ3v) is 16.5. The van der Waals surface area contributed by atoms with Crippen LogP contribution in [-0.4, -0.2) is 10.3 Å². The Balaban J connectivity index is 1.09. The molecule has 0 heterocycles. The molecule has 1 unspecified atom stereocenters. The minimum absolute atomic E-state index is 0.0501. The number of benzene rings is 2. The molecular weight excluding hydrogens is 463 g/mol. The molecule has 8 bridgehead atoms. The van der Waals surface area contributed by atoms with Crippen LogP contribution in [0.15, 0.2) is 54.6 Å². The average Bonchev–Trinajstić information content (AvgIpc) is 2.86. The Kier molecular flexibility index (Phi) is 5.74. The van der Waals surface area contributed by atoms with Crippen LogP contribution < -0.4 is 0 Å². The molecule has 8 aliphatic rings. The summed E-state index contributed by atoms with van der Waals surface area (Å²) in [5, 5.41) is 1.49. The molecule has 10 rings (SSSR count). The van der Waals surface area contributed by atoms with E-state index in [-0.39, 0.29) is 7.92 Å². The van der Waals surface area contributed by atoms with Crippen LogP contribution in [0.4, 0.5) is 0 Å². The van der Waals surface area contributed by atoms with E-state index >= 15 is 0 Å². The van der Waals surface area contributed by atoms with Crippen molar-refractivity contribution in [2.45, 2.75) is 113 Å². The molecule has 0 N–H and O–H groups in total. The van der Waals surface area contributed by atoms with Gasteiger partial charge in [-0.25, -0.2) is 0 Å². The van der Waals surface area contributed by atoms with Gasteiger partial charge in [-0.05, 0) is 158 Å². The highest BCUT2D eigenvalue weighted by Crippen LogP contribution is 2.79. The molecule has 196 valence electrons. The van der Waals surface area contributed by atoms with Crippen molar-refractivity contribution in [2.75, 3.05) is 0 Å². The number of rotatable bonds is 7. The molecule has 0 aromatic heterocycles. The second-order valence-corrected chi connectivity index (χ2v) is 18.3. The van der Waals surface area contributed by atoms with E-state index in [0.29, 0.717) is 5.92 Å². The van der Waals surface area contributed by atoms with Crippen molar-refractivity contribution in [1.29, 1.82) is 0 Å². The highest BCUT2D eigenvalue weighted by molar-refractivity contribution is 7.60. The number of hydrogen-bond acceptors (Lipinski definition) is 0. The molecule has 8 aliphatic carbocycles. The van der Waals surface area contributed by atoms with Crippen LogP contribution in [-0.2, 0) is 12.6 Å². The maximum absolute atomic E-state index is 2.58. The predicted molar refractivity (Wildman–Crippen MR) is 157 cm³/mol. The maximum atomic E-state index is 2.58. The summed E-state index contributed by atoms with van der Waals surface area (Å²) < 4.78 is 0. The second kappa shape index (κ2) is 8.95. The molecule has 37 heavy (non-hydrogen) atoms. The normalized spacial score (nSPS) is 42.7. The summed E-state index contributed by atoms with van der Waals surface area (Å²) in [6.07, 6.45) is 21.9. The molecule has 8 fully saturated rings. The van der Waals surface area contributed by atoms with E-state index in [2.05, 4.69) is 61.5 Å². The van der Waals surface area contributed by atoms with E-state index in [1.165, 1.54) is 17.3 Å². The lowest BCUT2D eigenvalue weighted by Gasteiger charge is -2.67. The first-order valence-corrected chi connectivity index (χ1v) is 17.5. The lowest BCUT2D eigenvalue weighted by Crippen LogP contribution is -2.56. The summed E-state index contributed by atoms with van der Waals surface area (Å²) in [6.45, 7) is 2.42. The van der Waals surface area contributed by atoms with Gasteiger partial charge < -0.3 is 0 Å². The fourth-order valence-corrected chi connectivity index (χ4v) is 17.0. The molecule has 0 spiro atoms. The van der Waals surface area contributed by atoms with Gasteiger partial charge in [0.15, 0.2) is 0 Å². The van der Waals surface area contributed by atoms with Gasteiger partial charge in [0.2, 0.25) is 0 Å². The van der Waals surface area contributed by atoms with Crippen molar-refractivity contribution < 1.29 is 0 Å². The Morgan fingerprint density at radius 2 is 1.03 bits per heavy atom. The maximum Gasteiger partial charge on any atom is -0.00631 e. The molecule has 2 aromatic rings. The fourth-order valence-electron chi connectivity index (χ4n) is 11.8. The molecular formula is C36H47P. The Hall–Kier alpha value is -1.13. The molecule has 1 heteroatoms. The Bertz CT molecular complexity index is 999. The van der Waals surface area contributed by atoms with Crippen molar-refractivity contribution in [3.63, 3.8) is 0 Å². The summed E-state index contributed by atoms with van der Waals surface area (Å²) >= 11 is 0. The topological polar surface area (TPSA) is 0 Å². The van der Waals surface area contributed by atoms with Crippen LogP contribution in [0, 0.1) is 35.5 Å². The lowest BCUT2D eigenvalue weighted by molar-refractivity contribution is 0.0184. The van der Waals surface area contributed by atoms with Gasteiger partial charge in [0.25, 0.3) is 0 Å². The second-order valence-electron chi connectivity index (χ2n) is 15.2. The Morgan fingerprint density at radius 3 is 1.46 bits per heavy atom. The minimum atomic E-state index is 0.0501. The molecule has 8 saturated carbocycles. The van der Waals surface area contributed by atoms with Crippen molar-refractivity contribution in [1.82, 2.24) is 0 Å². The minimum Gasteiger partial charge on any atom is -0.0894 e. The molecule has 1 atom stereocenters. The zero-order chi connectivity index (χ0) is 24.6. The summed E-state index contributed by atoms with van der Waals surface area (Å²) in [6, 6.07) is 21.2. The SMILES string of the molecule is CC(Cc1ccccc1)c1ccc(CP(C23CC4CC(CC(C4)C2)C3)C23CC4CC(CC(C4)C2)C3)cc1. The highest BCUT2D eigenvalue weighted by Gasteiger charge is 2.62. The van der Waals surface area contributed by atoms with Gasteiger partial charge >= 0.3 is 0 Å². The van der Waals surface area contributed by atoms with Gasteiger partial charge in [-0.1, -0.05) is 69.4 Å². The van der Waals surface area contributed by atoms with Crippen molar-refractivity contribution in [3.05, 3.63) is 71.3 Å². The molecule has 0 saturated heterocycles. The standard InChI is InChI=1S/C36H47P/c1-25(11-26-5-3-2-4-6-26)34-9-7-27(8-10-34)24-37(35-18-28-12-29(19-35)14-30(13-28)20-35)36-21-31-15-32(22-36)17-33(16-31)23-36/h2-10,25,28-33H,11-24H2,1H3. The van der Waals surface area contributed by atoms with E-state index in [9.17, 15) is 0 Å². The predicted octanol–water partition coefficient (Wildman–Crippen LogP) is 9.95. The summed E-state index contributed by atoms with van der Waals surface area (Å²) in [5.41, 5.74) is 4.68. The molecule has 0 amide bonds. The van der Waals surface area contributed by atoms with Crippen molar-refractivity contribution in [2.24, 2.45) is 35.5 Å². The first-order valence-electron chi connectivity index (χ1n) is 15.9. The van der Waals surface area contributed by atoms with Gasteiger partial charge in [-0.15, -0.1) is 0 Å². The monoisotopic (exact) mass is 510 g/mol. The van der Waals surface area contributed by atoms with E-state index in [1.54, 1.807) is 82.6 Å². The molecule has 2 aromatic carbocycles. The van der Waals surface area contributed by atoms with E-state index in [0.717, 1.165) is 52.2 Å². The summed E-state index contributed by atoms with van der Waals surface area (Å²) in [7, 11) is 0.0501. The van der Waals surface area contributed by atoms with Gasteiger partial charge in [0.05, 0.1) is 0 Å². The highest BCUT2D eigenvalue weighted by atomic mass is 31.1. The largest absolute Gasteiger partial charge is 0.0894 e. The molecule has 0 aliphatic heterocycles. The van der Waals surface area contributed by atoms with Crippen LogP contribution in [0.5, 0.6) is 0 Å². The summed E-state index contributed by atoms with van der Waals surface area (Å²) in [5.74, 6) is 7.12. The van der Waals surface area contributed by atoms with Crippen LogP contribution in [0.1, 0.15) is 107 Å². The zero-order valence-electron chi connectivity index (χ0n) is 23.1. The van der Waals surface area contributed by atoms with Crippen molar-refractivity contribution >= 4 is 7.92 Å². The van der Waals surface area contributed by atoms with E-state index < -0.39 is 0 Å². The number of hydrogen-bond donors (Lipinski definition) is 0. The third kappa shape index (κ3) is 4.19. The average molecular weight is 511 g/mol. The summed E-state index contributed by atoms with van der Waals surface area (Å²) in [4.78, 5) is 0. The first kappa shape index (κ1) is 23.7. The van der Waals surface area contributed by atoms with Crippen LogP contribution >= 0.6 is 7.92 Å². The van der Waals surface area contributed by atoms with Gasteiger partial charge in [-0.2, -0.15) is 0 Å². The van der Waals surface area contributed by atoms with E-state index in [1.807, 2.05) is 0 Å². The van der Waals surface area contributed by atoms with E-state index in [4.69, 9.17) is 0 Å².